The lowest BCUT2D eigenvalue weighted by Gasteiger charge is -2.20. The maximum Gasteiger partial charge on any atom is 0.165 e. The van der Waals surface area contributed by atoms with Gasteiger partial charge in [-0.1, -0.05) is 15.9 Å². The standard InChI is InChI=1S/C14H21BrFNO/c1-14(2,3)17-8-4-5-9-18-13-10-11(15)6-7-12(13)16/h6-7,10,17H,4-5,8-9H2,1-3H3. The van der Waals surface area contributed by atoms with Gasteiger partial charge in [-0.3, -0.25) is 0 Å². The van der Waals surface area contributed by atoms with E-state index in [1.54, 1.807) is 12.1 Å². The molecule has 0 aliphatic heterocycles. The fourth-order valence-electron chi connectivity index (χ4n) is 1.46. The van der Waals surface area contributed by atoms with Gasteiger partial charge >= 0.3 is 0 Å². The Balaban J connectivity index is 2.20. The van der Waals surface area contributed by atoms with E-state index in [2.05, 4.69) is 42.0 Å². The molecule has 0 amide bonds. The van der Waals surface area contributed by atoms with Gasteiger partial charge in [-0.2, -0.15) is 0 Å². The highest BCUT2D eigenvalue weighted by molar-refractivity contribution is 9.10. The van der Waals surface area contributed by atoms with Gasteiger partial charge in [0.2, 0.25) is 0 Å². The topological polar surface area (TPSA) is 21.3 Å². The third kappa shape index (κ3) is 6.36. The van der Waals surface area contributed by atoms with Crippen LogP contribution in [-0.4, -0.2) is 18.7 Å². The molecule has 0 unspecified atom stereocenters. The van der Waals surface area contributed by atoms with E-state index in [-0.39, 0.29) is 11.4 Å². The van der Waals surface area contributed by atoms with Gasteiger partial charge in [-0.25, -0.2) is 4.39 Å². The minimum Gasteiger partial charge on any atom is -0.490 e. The predicted molar refractivity (Wildman–Crippen MR) is 76.6 cm³/mol. The van der Waals surface area contributed by atoms with Gasteiger partial charge in [0.05, 0.1) is 6.61 Å². The molecule has 0 aromatic heterocycles. The Hall–Kier alpha value is -0.610. The molecule has 1 N–H and O–H groups in total. The molecule has 0 radical (unpaired) electrons. The molecule has 1 rings (SSSR count). The zero-order valence-corrected chi connectivity index (χ0v) is 12.8. The molecule has 0 spiro atoms. The van der Waals surface area contributed by atoms with Crippen molar-refractivity contribution < 1.29 is 9.13 Å². The van der Waals surface area contributed by atoms with Crippen molar-refractivity contribution >= 4 is 15.9 Å². The van der Waals surface area contributed by atoms with E-state index in [0.717, 1.165) is 23.9 Å². The van der Waals surface area contributed by atoms with Gasteiger partial charge in [0, 0.05) is 10.0 Å². The maximum atomic E-state index is 13.3. The summed E-state index contributed by atoms with van der Waals surface area (Å²) in [5.74, 6) is -0.000767. The van der Waals surface area contributed by atoms with Crippen molar-refractivity contribution in [3.05, 3.63) is 28.5 Å². The summed E-state index contributed by atoms with van der Waals surface area (Å²) in [6, 6.07) is 4.72. The van der Waals surface area contributed by atoms with Gasteiger partial charge in [-0.15, -0.1) is 0 Å². The average Bonchev–Trinajstić information content (AvgIpc) is 2.26. The Morgan fingerprint density at radius 1 is 1.28 bits per heavy atom. The molecule has 0 atom stereocenters. The molecule has 1 aromatic carbocycles. The summed E-state index contributed by atoms with van der Waals surface area (Å²) in [5, 5.41) is 3.40. The Morgan fingerprint density at radius 2 is 2.00 bits per heavy atom. The summed E-state index contributed by atoms with van der Waals surface area (Å²) in [6.45, 7) is 7.91. The lowest BCUT2D eigenvalue weighted by atomic mass is 10.1. The minimum absolute atomic E-state index is 0.150. The van der Waals surface area contributed by atoms with Crippen molar-refractivity contribution in [2.45, 2.75) is 39.2 Å². The van der Waals surface area contributed by atoms with Crippen molar-refractivity contribution in [3.63, 3.8) is 0 Å². The number of rotatable bonds is 6. The number of hydrogen-bond acceptors (Lipinski definition) is 2. The summed E-state index contributed by atoms with van der Waals surface area (Å²) in [6.07, 6.45) is 1.93. The SMILES string of the molecule is CC(C)(C)NCCCCOc1cc(Br)ccc1F. The van der Waals surface area contributed by atoms with Gasteiger partial charge in [0.1, 0.15) is 0 Å². The summed E-state index contributed by atoms with van der Waals surface area (Å²) in [4.78, 5) is 0. The van der Waals surface area contributed by atoms with Crippen LogP contribution >= 0.6 is 15.9 Å². The fraction of sp³-hybridized carbons (Fsp3) is 0.571. The number of ether oxygens (including phenoxy) is 1. The van der Waals surface area contributed by atoms with E-state index in [4.69, 9.17) is 4.74 Å². The Morgan fingerprint density at radius 3 is 2.67 bits per heavy atom. The first kappa shape index (κ1) is 15.4. The second-order valence-corrected chi connectivity index (χ2v) is 6.22. The van der Waals surface area contributed by atoms with Crippen LogP contribution in [0.5, 0.6) is 5.75 Å². The van der Waals surface area contributed by atoms with Gasteiger partial charge in [0.15, 0.2) is 11.6 Å². The van der Waals surface area contributed by atoms with Gasteiger partial charge in [-0.05, 0) is 58.4 Å². The van der Waals surface area contributed by atoms with E-state index in [1.165, 1.54) is 6.07 Å². The quantitative estimate of drug-likeness (QED) is 0.796. The minimum atomic E-state index is -0.314. The van der Waals surface area contributed by atoms with Crippen LogP contribution in [0, 0.1) is 5.82 Å². The number of halogens is 2. The second-order valence-electron chi connectivity index (χ2n) is 5.31. The average molecular weight is 318 g/mol. The molecule has 0 bridgehead atoms. The van der Waals surface area contributed by atoms with Crippen molar-refractivity contribution in [2.75, 3.05) is 13.2 Å². The number of nitrogens with one attached hydrogen (secondary N) is 1. The third-order valence-electron chi connectivity index (χ3n) is 2.38. The van der Waals surface area contributed by atoms with Gasteiger partial charge < -0.3 is 10.1 Å². The van der Waals surface area contributed by atoms with E-state index in [9.17, 15) is 4.39 Å². The molecule has 0 heterocycles. The Kier molecular flexibility index (Phi) is 6.09. The number of benzene rings is 1. The van der Waals surface area contributed by atoms with Crippen LogP contribution in [0.1, 0.15) is 33.6 Å². The molecule has 0 saturated heterocycles. The van der Waals surface area contributed by atoms with Crippen LogP contribution in [0.4, 0.5) is 4.39 Å². The first-order chi connectivity index (χ1) is 8.38. The molecule has 4 heteroatoms. The molecule has 0 saturated carbocycles. The number of unbranched alkanes of at least 4 members (excludes halogenated alkanes) is 1. The number of hydrogen-bond donors (Lipinski definition) is 1. The molecule has 0 aliphatic rings. The second kappa shape index (κ2) is 7.10. The van der Waals surface area contributed by atoms with Crippen molar-refractivity contribution in [1.29, 1.82) is 0 Å². The van der Waals surface area contributed by atoms with E-state index < -0.39 is 0 Å². The smallest absolute Gasteiger partial charge is 0.165 e. The Labute approximate surface area is 117 Å². The summed E-state index contributed by atoms with van der Waals surface area (Å²) < 4.78 is 19.6. The van der Waals surface area contributed by atoms with E-state index >= 15 is 0 Å². The molecule has 1 aromatic rings. The van der Waals surface area contributed by atoms with E-state index in [0.29, 0.717) is 12.4 Å². The van der Waals surface area contributed by atoms with Crippen molar-refractivity contribution in [2.24, 2.45) is 0 Å². The summed E-state index contributed by atoms with van der Waals surface area (Å²) in [5.41, 5.74) is 0.150. The van der Waals surface area contributed by atoms with Crippen LogP contribution in [0.25, 0.3) is 0 Å². The van der Waals surface area contributed by atoms with E-state index in [1.807, 2.05) is 0 Å². The van der Waals surface area contributed by atoms with Crippen LogP contribution in [0.3, 0.4) is 0 Å². The molecular weight excluding hydrogens is 297 g/mol. The highest BCUT2D eigenvalue weighted by atomic mass is 79.9. The highest BCUT2D eigenvalue weighted by Gasteiger charge is 2.07. The molecule has 0 fully saturated rings. The van der Waals surface area contributed by atoms with Crippen molar-refractivity contribution in [1.82, 2.24) is 5.32 Å². The largest absolute Gasteiger partial charge is 0.490 e. The molecule has 0 aliphatic carbocycles. The Bertz CT molecular complexity index is 377. The lowest BCUT2D eigenvalue weighted by molar-refractivity contribution is 0.287. The molecule has 18 heavy (non-hydrogen) atoms. The van der Waals surface area contributed by atoms with Gasteiger partial charge in [0.25, 0.3) is 0 Å². The van der Waals surface area contributed by atoms with Crippen LogP contribution < -0.4 is 10.1 Å². The molecule has 2 nitrogen and oxygen atoms in total. The van der Waals surface area contributed by atoms with Crippen LogP contribution in [0.15, 0.2) is 22.7 Å². The van der Waals surface area contributed by atoms with Crippen LogP contribution in [-0.2, 0) is 0 Å². The van der Waals surface area contributed by atoms with Crippen LogP contribution in [0.2, 0.25) is 0 Å². The zero-order valence-electron chi connectivity index (χ0n) is 11.2. The zero-order chi connectivity index (χ0) is 13.6. The highest BCUT2D eigenvalue weighted by Crippen LogP contribution is 2.22. The molecular formula is C14H21BrFNO. The lowest BCUT2D eigenvalue weighted by Crippen LogP contribution is -2.36. The molecule has 102 valence electrons. The third-order valence-corrected chi connectivity index (χ3v) is 2.87. The van der Waals surface area contributed by atoms with Crippen molar-refractivity contribution in [3.8, 4) is 5.75 Å². The predicted octanol–water partition coefficient (Wildman–Crippen LogP) is 4.14. The first-order valence-electron chi connectivity index (χ1n) is 6.21. The first-order valence-corrected chi connectivity index (χ1v) is 7.01. The normalized spacial score (nSPS) is 11.6. The monoisotopic (exact) mass is 317 g/mol. The summed E-state index contributed by atoms with van der Waals surface area (Å²) >= 11 is 3.30. The maximum absolute atomic E-state index is 13.3. The fourth-order valence-corrected chi connectivity index (χ4v) is 1.80. The summed E-state index contributed by atoms with van der Waals surface area (Å²) in [7, 11) is 0.